The summed E-state index contributed by atoms with van der Waals surface area (Å²) in [6.45, 7) is 2.21. The molecule has 0 aliphatic heterocycles. The molecule has 1 fully saturated rings. The number of rotatable bonds is 5. The molecular weight excluding hydrogens is 194 g/mol. The van der Waals surface area contributed by atoms with Crippen LogP contribution >= 0.6 is 0 Å². The van der Waals surface area contributed by atoms with Crippen LogP contribution in [0.2, 0.25) is 0 Å². The molecule has 84 valence electrons. The zero-order valence-electron chi connectivity index (χ0n) is 9.95. The van der Waals surface area contributed by atoms with Crippen LogP contribution in [0.25, 0.3) is 0 Å². The topological polar surface area (TPSA) is 23.8 Å². The molecule has 2 atom stereocenters. The Morgan fingerprint density at radius 2 is 2.06 bits per heavy atom. The Kier molecular flexibility index (Phi) is 3.29. The summed E-state index contributed by atoms with van der Waals surface area (Å²) >= 11 is 0. The molecule has 1 nitrogen and oxygen atoms in total. The summed E-state index contributed by atoms with van der Waals surface area (Å²) in [5, 5.41) is 9.34. The lowest BCUT2D eigenvalue weighted by Crippen LogP contribution is -2.00. The molecule has 2 rings (SSSR count). The molecule has 1 aromatic rings. The number of nitrogens with zero attached hydrogens (tertiary/aromatic N) is 1. The molecule has 0 heterocycles. The number of benzene rings is 1. The van der Waals surface area contributed by atoms with Gasteiger partial charge in [0.25, 0.3) is 0 Å². The molecule has 0 saturated heterocycles. The third-order valence-corrected chi connectivity index (χ3v) is 3.73. The summed E-state index contributed by atoms with van der Waals surface area (Å²) in [5.74, 6) is 0.496. The highest BCUT2D eigenvalue weighted by molar-refractivity contribution is 5.34. The van der Waals surface area contributed by atoms with Gasteiger partial charge in [-0.05, 0) is 18.4 Å². The fraction of sp³-hybridized carbons (Fsp3) is 0.533. The molecule has 0 spiro atoms. The van der Waals surface area contributed by atoms with Crippen LogP contribution in [0.5, 0.6) is 0 Å². The van der Waals surface area contributed by atoms with Gasteiger partial charge in [0.15, 0.2) is 0 Å². The van der Waals surface area contributed by atoms with Crippen molar-refractivity contribution in [2.24, 2.45) is 5.41 Å². The Balaban J connectivity index is 1.98. The number of hydrogen-bond donors (Lipinski definition) is 0. The maximum Gasteiger partial charge on any atom is 0.0696 e. The van der Waals surface area contributed by atoms with Crippen molar-refractivity contribution in [1.29, 1.82) is 5.26 Å². The van der Waals surface area contributed by atoms with Crippen molar-refractivity contribution in [2.75, 3.05) is 0 Å². The van der Waals surface area contributed by atoms with Gasteiger partial charge in [-0.15, -0.1) is 0 Å². The Labute approximate surface area is 98.1 Å². The van der Waals surface area contributed by atoms with Crippen molar-refractivity contribution in [3.8, 4) is 6.07 Å². The van der Waals surface area contributed by atoms with Crippen LogP contribution < -0.4 is 0 Å². The van der Waals surface area contributed by atoms with Crippen molar-refractivity contribution < 1.29 is 0 Å². The molecule has 1 aliphatic carbocycles. The maximum atomic E-state index is 9.34. The zero-order chi connectivity index (χ0) is 11.4. The smallest absolute Gasteiger partial charge is 0.0696 e. The fourth-order valence-electron chi connectivity index (χ4n) is 2.57. The average Bonchev–Trinajstić information content (AvgIpc) is 3.06. The van der Waals surface area contributed by atoms with E-state index in [0.29, 0.717) is 5.92 Å². The first-order valence-corrected chi connectivity index (χ1v) is 6.28. The molecule has 0 bridgehead atoms. The van der Waals surface area contributed by atoms with E-state index in [2.05, 4.69) is 37.3 Å². The van der Waals surface area contributed by atoms with Gasteiger partial charge in [-0.1, -0.05) is 56.5 Å². The molecule has 0 N–H and O–H groups in total. The normalized spacial score (nSPS) is 27.4. The second kappa shape index (κ2) is 4.70. The quantitative estimate of drug-likeness (QED) is 0.670. The first-order valence-electron chi connectivity index (χ1n) is 6.28. The summed E-state index contributed by atoms with van der Waals surface area (Å²) < 4.78 is 0. The van der Waals surface area contributed by atoms with Gasteiger partial charge in [0.05, 0.1) is 11.5 Å². The van der Waals surface area contributed by atoms with Crippen molar-refractivity contribution in [3.05, 3.63) is 35.9 Å². The summed E-state index contributed by atoms with van der Waals surface area (Å²) in [6, 6.07) is 13.1. The van der Waals surface area contributed by atoms with E-state index in [4.69, 9.17) is 0 Å². The minimum atomic E-state index is -0.0312. The lowest BCUT2D eigenvalue weighted by atomic mass is 9.94. The van der Waals surface area contributed by atoms with E-state index in [1.807, 2.05) is 6.07 Å². The van der Waals surface area contributed by atoms with Crippen LogP contribution in [0.15, 0.2) is 30.3 Å². The lowest BCUT2D eigenvalue weighted by molar-refractivity contribution is 0.525. The lowest BCUT2D eigenvalue weighted by Gasteiger charge is -2.08. The monoisotopic (exact) mass is 213 g/mol. The molecule has 1 heteroatoms. The highest BCUT2D eigenvalue weighted by atomic mass is 14.6. The maximum absolute atomic E-state index is 9.34. The molecule has 0 radical (unpaired) electrons. The van der Waals surface area contributed by atoms with Gasteiger partial charge in [0, 0.05) is 5.92 Å². The molecule has 16 heavy (non-hydrogen) atoms. The summed E-state index contributed by atoms with van der Waals surface area (Å²) in [4.78, 5) is 0. The van der Waals surface area contributed by atoms with Crippen LogP contribution in [0.1, 0.15) is 50.5 Å². The number of hydrogen-bond acceptors (Lipinski definition) is 1. The van der Waals surface area contributed by atoms with Gasteiger partial charge < -0.3 is 0 Å². The van der Waals surface area contributed by atoms with E-state index in [0.717, 1.165) is 12.8 Å². The van der Waals surface area contributed by atoms with Crippen molar-refractivity contribution in [3.63, 3.8) is 0 Å². The second-order valence-electron chi connectivity index (χ2n) is 4.89. The van der Waals surface area contributed by atoms with Gasteiger partial charge in [-0.3, -0.25) is 0 Å². The third-order valence-electron chi connectivity index (χ3n) is 3.73. The predicted octanol–water partition coefficient (Wildman–Crippen LogP) is 4.26. The Morgan fingerprint density at radius 1 is 1.31 bits per heavy atom. The van der Waals surface area contributed by atoms with Crippen molar-refractivity contribution in [1.82, 2.24) is 0 Å². The highest BCUT2D eigenvalue weighted by Crippen LogP contribution is 2.61. The SMILES string of the molecule is CCCCCC1(C#N)CC1c1ccccc1. The van der Waals surface area contributed by atoms with Gasteiger partial charge in [-0.25, -0.2) is 0 Å². The molecule has 1 saturated carbocycles. The molecule has 0 amide bonds. The standard InChI is InChI=1S/C15H19N/c1-2-3-7-10-15(12-16)11-14(15)13-8-5-4-6-9-13/h4-6,8-9,14H,2-3,7,10-11H2,1H3. The van der Waals surface area contributed by atoms with Crippen LogP contribution in [0.3, 0.4) is 0 Å². The highest BCUT2D eigenvalue weighted by Gasteiger charge is 2.54. The van der Waals surface area contributed by atoms with Crippen molar-refractivity contribution in [2.45, 2.75) is 44.9 Å². The summed E-state index contributed by atoms with van der Waals surface area (Å²) in [5.41, 5.74) is 1.32. The first-order chi connectivity index (χ1) is 7.82. The molecule has 2 unspecified atom stereocenters. The second-order valence-corrected chi connectivity index (χ2v) is 4.89. The third kappa shape index (κ3) is 2.11. The molecule has 1 aliphatic rings. The first kappa shape index (κ1) is 11.2. The van der Waals surface area contributed by atoms with Crippen LogP contribution in [-0.4, -0.2) is 0 Å². The molecule has 1 aromatic carbocycles. The fourth-order valence-corrected chi connectivity index (χ4v) is 2.57. The van der Waals surface area contributed by atoms with Crippen LogP contribution in [0.4, 0.5) is 0 Å². The number of unbranched alkanes of at least 4 members (excludes halogenated alkanes) is 2. The zero-order valence-corrected chi connectivity index (χ0v) is 9.95. The largest absolute Gasteiger partial charge is 0.198 e. The minimum Gasteiger partial charge on any atom is -0.198 e. The Bertz CT molecular complexity index is 376. The van der Waals surface area contributed by atoms with E-state index in [9.17, 15) is 5.26 Å². The summed E-state index contributed by atoms with van der Waals surface area (Å²) in [6.07, 6.45) is 5.84. The van der Waals surface area contributed by atoms with E-state index in [1.165, 1.54) is 24.8 Å². The Morgan fingerprint density at radius 3 is 2.69 bits per heavy atom. The van der Waals surface area contributed by atoms with Gasteiger partial charge in [-0.2, -0.15) is 5.26 Å². The molecule has 0 aromatic heterocycles. The van der Waals surface area contributed by atoms with Gasteiger partial charge in [0.2, 0.25) is 0 Å². The average molecular weight is 213 g/mol. The predicted molar refractivity (Wildman–Crippen MR) is 66.0 cm³/mol. The van der Waals surface area contributed by atoms with Gasteiger partial charge in [0.1, 0.15) is 0 Å². The van der Waals surface area contributed by atoms with E-state index < -0.39 is 0 Å². The molecular formula is C15H19N. The summed E-state index contributed by atoms with van der Waals surface area (Å²) in [7, 11) is 0. The van der Waals surface area contributed by atoms with E-state index >= 15 is 0 Å². The number of nitriles is 1. The Hall–Kier alpha value is -1.29. The van der Waals surface area contributed by atoms with E-state index in [-0.39, 0.29) is 5.41 Å². The van der Waals surface area contributed by atoms with E-state index in [1.54, 1.807) is 0 Å². The van der Waals surface area contributed by atoms with Crippen molar-refractivity contribution >= 4 is 0 Å². The van der Waals surface area contributed by atoms with Crippen LogP contribution in [-0.2, 0) is 0 Å². The van der Waals surface area contributed by atoms with Gasteiger partial charge >= 0.3 is 0 Å². The van der Waals surface area contributed by atoms with Crippen LogP contribution in [0, 0.1) is 16.7 Å². The minimum absolute atomic E-state index is 0.0312.